The van der Waals surface area contributed by atoms with Gasteiger partial charge in [-0.25, -0.2) is 9.98 Å². The van der Waals surface area contributed by atoms with Crippen LogP contribution >= 0.6 is 0 Å². The second-order valence-electron chi connectivity index (χ2n) is 2.69. The van der Waals surface area contributed by atoms with Crippen LogP contribution in [0.5, 0.6) is 0 Å². The van der Waals surface area contributed by atoms with Crippen molar-refractivity contribution in [2.75, 3.05) is 7.11 Å². The number of rotatable bonds is 4. The van der Waals surface area contributed by atoms with Crippen LogP contribution in [0.2, 0.25) is 0 Å². The van der Waals surface area contributed by atoms with Crippen molar-refractivity contribution in [3.8, 4) is 0 Å². The minimum absolute atomic E-state index is 0.811. The summed E-state index contributed by atoms with van der Waals surface area (Å²) in [7, 11) is 3.46. The molecule has 0 amide bonds. The van der Waals surface area contributed by atoms with Gasteiger partial charge in [-0.15, -0.1) is 0 Å². The normalized spacial score (nSPS) is 11.3. The lowest BCUT2D eigenvalue weighted by Gasteiger charge is -1.98. The van der Waals surface area contributed by atoms with Crippen molar-refractivity contribution in [2.45, 2.75) is 0 Å². The number of hydrogen-bond donors (Lipinski definition) is 0. The van der Waals surface area contributed by atoms with Crippen molar-refractivity contribution in [1.29, 1.82) is 0 Å². The van der Waals surface area contributed by atoms with Gasteiger partial charge in [-0.05, 0) is 6.08 Å². The van der Waals surface area contributed by atoms with Gasteiger partial charge in [-0.2, -0.15) is 0 Å². The molecule has 0 aliphatic carbocycles. The van der Waals surface area contributed by atoms with E-state index in [0.29, 0.717) is 0 Å². The summed E-state index contributed by atoms with van der Waals surface area (Å²) in [6.45, 7) is 3.87. The maximum atomic E-state index is 4.64. The van der Waals surface area contributed by atoms with Crippen molar-refractivity contribution < 1.29 is 4.74 Å². The topological polar surface area (TPSA) is 39.4 Å². The van der Waals surface area contributed by atoms with Crippen LogP contribution in [0.3, 0.4) is 0 Å². The predicted octanol–water partition coefficient (Wildman–Crippen LogP) is 1.62. The van der Waals surface area contributed by atoms with E-state index < -0.39 is 0 Å². The zero-order chi connectivity index (χ0) is 10.4. The van der Waals surface area contributed by atoms with E-state index in [1.807, 2.05) is 17.8 Å². The number of hydrogen-bond acceptors (Lipinski definition) is 3. The lowest BCUT2D eigenvalue weighted by Crippen LogP contribution is -1.93. The van der Waals surface area contributed by atoms with Gasteiger partial charge in [-0.3, -0.25) is 0 Å². The molecule has 0 radical (unpaired) electrons. The Hall–Kier alpha value is -1.84. The van der Waals surface area contributed by atoms with Crippen molar-refractivity contribution in [1.82, 2.24) is 9.55 Å². The van der Waals surface area contributed by atoms with E-state index in [9.17, 15) is 0 Å². The zero-order valence-corrected chi connectivity index (χ0v) is 8.34. The fourth-order valence-corrected chi connectivity index (χ4v) is 0.979. The van der Waals surface area contributed by atoms with E-state index in [4.69, 9.17) is 0 Å². The molecule has 0 spiro atoms. The molecule has 74 valence electrons. The first-order valence-corrected chi connectivity index (χ1v) is 4.13. The van der Waals surface area contributed by atoms with Crippen LogP contribution in [0.4, 0.5) is 0 Å². The first-order chi connectivity index (χ1) is 6.75. The summed E-state index contributed by atoms with van der Waals surface area (Å²) in [5, 5.41) is 0. The Morgan fingerprint density at radius 1 is 1.71 bits per heavy atom. The van der Waals surface area contributed by atoms with Gasteiger partial charge in [0.15, 0.2) is 6.40 Å². The maximum absolute atomic E-state index is 4.64. The molecule has 1 aromatic rings. The van der Waals surface area contributed by atoms with Gasteiger partial charge >= 0.3 is 0 Å². The summed E-state index contributed by atoms with van der Waals surface area (Å²) >= 11 is 0. The molecular formula is C10H13N3O. The summed E-state index contributed by atoms with van der Waals surface area (Å²) in [6, 6.07) is 0. The molecule has 1 rings (SSSR count). The third kappa shape index (κ3) is 2.58. The lowest BCUT2D eigenvalue weighted by atomic mass is 10.3. The highest BCUT2D eigenvalue weighted by atomic mass is 16.5. The Balaban J connectivity index is 2.64. The number of imidazole rings is 1. The van der Waals surface area contributed by atoms with Gasteiger partial charge < -0.3 is 9.30 Å². The van der Waals surface area contributed by atoms with Crippen molar-refractivity contribution in [3.63, 3.8) is 0 Å². The predicted molar refractivity (Wildman–Crippen MR) is 56.9 cm³/mol. The second-order valence-corrected chi connectivity index (χ2v) is 2.69. The number of methoxy groups -OCH3 is 1. The molecule has 4 heteroatoms. The van der Waals surface area contributed by atoms with Crippen LogP contribution in [0.1, 0.15) is 5.82 Å². The summed E-state index contributed by atoms with van der Waals surface area (Å²) < 4.78 is 6.54. The second kappa shape index (κ2) is 5.01. The van der Waals surface area contributed by atoms with Gasteiger partial charge in [0, 0.05) is 31.2 Å². The highest BCUT2D eigenvalue weighted by Gasteiger charge is 1.99. The lowest BCUT2D eigenvalue weighted by molar-refractivity contribution is 0.423. The van der Waals surface area contributed by atoms with E-state index >= 15 is 0 Å². The van der Waals surface area contributed by atoms with Gasteiger partial charge in [0.1, 0.15) is 5.82 Å². The van der Waals surface area contributed by atoms with Gasteiger partial charge in [0.05, 0.1) is 7.11 Å². The van der Waals surface area contributed by atoms with Crippen molar-refractivity contribution >= 4 is 12.0 Å². The number of aliphatic imine (C=N–C) groups is 1. The molecule has 0 aromatic carbocycles. The van der Waals surface area contributed by atoms with E-state index in [0.717, 1.165) is 11.4 Å². The minimum atomic E-state index is 0.811. The molecule has 14 heavy (non-hydrogen) atoms. The standard InChI is InChI=1S/C10H13N3O/c1-9(4-5-11-8-14-3)10-12-6-7-13(10)2/h4-8H,1H2,2-3H3/b5-4+,11-8-. The molecule has 1 heterocycles. The average molecular weight is 191 g/mol. The Kier molecular flexibility index (Phi) is 3.67. The van der Waals surface area contributed by atoms with E-state index in [2.05, 4.69) is 21.3 Å². The van der Waals surface area contributed by atoms with Crippen LogP contribution in [0.25, 0.3) is 5.57 Å². The minimum Gasteiger partial charge on any atom is -0.486 e. The van der Waals surface area contributed by atoms with Crippen molar-refractivity contribution in [2.24, 2.45) is 12.0 Å². The van der Waals surface area contributed by atoms with E-state index in [-0.39, 0.29) is 0 Å². The van der Waals surface area contributed by atoms with Gasteiger partial charge in [-0.1, -0.05) is 6.58 Å². The Morgan fingerprint density at radius 2 is 2.50 bits per heavy atom. The maximum Gasteiger partial charge on any atom is 0.173 e. The van der Waals surface area contributed by atoms with Crippen LogP contribution in [0, 0.1) is 0 Å². The van der Waals surface area contributed by atoms with E-state index in [1.165, 1.54) is 6.40 Å². The monoisotopic (exact) mass is 191 g/mol. The van der Waals surface area contributed by atoms with Gasteiger partial charge in [0.25, 0.3) is 0 Å². The summed E-state index contributed by atoms with van der Waals surface area (Å²) in [4.78, 5) is 7.99. The fourth-order valence-electron chi connectivity index (χ4n) is 0.979. The Labute approximate surface area is 83.3 Å². The third-order valence-corrected chi connectivity index (χ3v) is 1.64. The third-order valence-electron chi connectivity index (χ3n) is 1.64. The van der Waals surface area contributed by atoms with Gasteiger partial charge in [0.2, 0.25) is 0 Å². The number of aryl methyl sites for hydroxylation is 1. The summed E-state index contributed by atoms with van der Waals surface area (Å²) in [5.41, 5.74) is 0.811. The molecule has 0 bridgehead atoms. The molecular weight excluding hydrogens is 178 g/mol. The summed E-state index contributed by atoms with van der Waals surface area (Å²) in [6.07, 6.45) is 8.33. The molecule has 4 nitrogen and oxygen atoms in total. The smallest absolute Gasteiger partial charge is 0.173 e. The number of aromatic nitrogens is 2. The fraction of sp³-hybridized carbons (Fsp3) is 0.200. The number of ether oxygens (including phenoxy) is 1. The molecule has 0 aliphatic heterocycles. The quantitative estimate of drug-likeness (QED) is 0.412. The summed E-state index contributed by atoms with van der Waals surface area (Å²) in [5.74, 6) is 0.828. The Bertz CT molecular complexity index is 363. The molecule has 0 saturated heterocycles. The molecule has 0 unspecified atom stereocenters. The van der Waals surface area contributed by atoms with Crippen molar-refractivity contribution in [3.05, 3.63) is 37.1 Å². The average Bonchev–Trinajstić information content (AvgIpc) is 2.59. The molecule has 0 aliphatic rings. The molecule has 0 fully saturated rings. The van der Waals surface area contributed by atoms with Crippen LogP contribution in [-0.4, -0.2) is 23.1 Å². The largest absolute Gasteiger partial charge is 0.486 e. The molecule has 0 N–H and O–H groups in total. The first-order valence-electron chi connectivity index (χ1n) is 4.13. The number of nitrogens with zero attached hydrogens (tertiary/aromatic N) is 3. The molecule has 1 aromatic heterocycles. The van der Waals surface area contributed by atoms with E-state index in [1.54, 1.807) is 25.6 Å². The highest BCUT2D eigenvalue weighted by Crippen LogP contribution is 2.09. The SMILES string of the molecule is C=C(/C=C/N=C\OC)c1nccn1C. The van der Waals surface area contributed by atoms with Crippen LogP contribution < -0.4 is 0 Å². The zero-order valence-electron chi connectivity index (χ0n) is 8.34. The number of allylic oxidation sites excluding steroid dienone is 2. The first kappa shape index (κ1) is 10.2. The Morgan fingerprint density at radius 3 is 3.07 bits per heavy atom. The van der Waals surface area contributed by atoms with Crippen LogP contribution in [0.15, 0.2) is 36.2 Å². The molecule has 0 atom stereocenters. The van der Waals surface area contributed by atoms with Crippen LogP contribution in [-0.2, 0) is 11.8 Å². The molecule has 0 saturated carbocycles. The highest BCUT2D eigenvalue weighted by molar-refractivity contribution is 5.67.